The van der Waals surface area contributed by atoms with Crippen LogP contribution in [0.25, 0.3) is 11.1 Å². The lowest BCUT2D eigenvalue weighted by Crippen LogP contribution is -2.61. The van der Waals surface area contributed by atoms with Gasteiger partial charge in [-0.05, 0) is 74.1 Å². The van der Waals surface area contributed by atoms with Crippen molar-refractivity contribution in [2.24, 2.45) is 13.0 Å². The van der Waals surface area contributed by atoms with E-state index in [0.29, 0.717) is 79.4 Å². The summed E-state index contributed by atoms with van der Waals surface area (Å²) in [4.78, 5) is 41.5. The minimum Gasteiger partial charge on any atom is -0.496 e. The van der Waals surface area contributed by atoms with Gasteiger partial charge in [-0.2, -0.15) is 0 Å². The molecule has 0 bridgehead atoms. The number of nitrogens with zero attached hydrogens (tertiary/aromatic N) is 4. The highest BCUT2D eigenvalue weighted by molar-refractivity contribution is 5.98. The molecule has 0 radical (unpaired) electrons. The SMILES string of the molecule is COc1cc(-c2cn(C)c(=O)c(C)c2C)cc(OC)c1CN1CCC(N2CCN(c3ccc(CC4CCC(=O)NC4=O)cc3F)CC2)C(F)(F)C1. The number of nitrogens with one attached hydrogen (secondary N) is 1. The van der Waals surface area contributed by atoms with Gasteiger partial charge in [0.2, 0.25) is 11.8 Å². The number of aryl methyl sites for hydroxylation is 1. The molecule has 51 heavy (non-hydrogen) atoms. The number of likely N-dealkylation sites (tertiary alicyclic amines) is 1. The number of piperidine rings is 2. The van der Waals surface area contributed by atoms with Crippen LogP contribution in [0.3, 0.4) is 0 Å². The molecule has 10 nitrogen and oxygen atoms in total. The first-order valence-corrected chi connectivity index (χ1v) is 17.4. The van der Waals surface area contributed by atoms with Gasteiger partial charge in [-0.25, -0.2) is 13.2 Å². The molecule has 3 saturated heterocycles. The van der Waals surface area contributed by atoms with E-state index >= 15 is 13.2 Å². The highest BCUT2D eigenvalue weighted by Gasteiger charge is 2.48. The van der Waals surface area contributed by atoms with Crippen LogP contribution in [-0.4, -0.2) is 91.6 Å². The Morgan fingerprint density at radius 2 is 1.61 bits per heavy atom. The third-order valence-electron chi connectivity index (χ3n) is 10.8. The third kappa shape index (κ3) is 7.50. The van der Waals surface area contributed by atoms with Gasteiger partial charge in [-0.3, -0.25) is 29.5 Å². The Labute approximate surface area is 296 Å². The molecule has 3 fully saturated rings. The molecular weight excluding hydrogens is 663 g/mol. The van der Waals surface area contributed by atoms with Crippen molar-refractivity contribution in [3.63, 3.8) is 0 Å². The second-order valence-electron chi connectivity index (χ2n) is 14.0. The summed E-state index contributed by atoms with van der Waals surface area (Å²) < 4.78 is 60.1. The molecule has 6 rings (SSSR count). The zero-order valence-corrected chi connectivity index (χ0v) is 29.9. The van der Waals surface area contributed by atoms with Crippen molar-refractivity contribution in [2.45, 2.75) is 58.0 Å². The van der Waals surface area contributed by atoms with Crippen molar-refractivity contribution in [3.05, 3.63) is 75.0 Å². The smallest absolute Gasteiger partial charge is 0.275 e. The Morgan fingerprint density at radius 3 is 2.22 bits per heavy atom. The van der Waals surface area contributed by atoms with Gasteiger partial charge >= 0.3 is 0 Å². The first-order chi connectivity index (χ1) is 24.3. The van der Waals surface area contributed by atoms with Gasteiger partial charge in [0, 0.05) is 76.0 Å². The normalized spacial score (nSPS) is 21.5. The van der Waals surface area contributed by atoms with Crippen molar-refractivity contribution in [2.75, 3.05) is 58.4 Å². The Kier molecular flexibility index (Phi) is 10.5. The van der Waals surface area contributed by atoms with Crippen LogP contribution in [0.15, 0.2) is 41.3 Å². The number of anilines is 1. The molecule has 274 valence electrons. The lowest BCUT2D eigenvalue weighted by atomic mass is 9.91. The summed E-state index contributed by atoms with van der Waals surface area (Å²) in [6, 6.07) is 7.72. The molecule has 2 unspecified atom stereocenters. The van der Waals surface area contributed by atoms with Crippen LogP contribution in [-0.2, 0) is 29.6 Å². The molecule has 4 heterocycles. The zero-order chi connectivity index (χ0) is 36.6. The summed E-state index contributed by atoms with van der Waals surface area (Å²) in [7, 11) is 4.80. The number of carbonyl (C=O) groups excluding carboxylic acids is 2. The van der Waals surface area contributed by atoms with Gasteiger partial charge in [-0.15, -0.1) is 0 Å². The molecule has 3 aliphatic rings. The molecular formula is C38H46F3N5O5. The average molecular weight is 710 g/mol. The number of carbonyl (C=O) groups is 2. The van der Waals surface area contributed by atoms with Gasteiger partial charge in [0.25, 0.3) is 11.5 Å². The van der Waals surface area contributed by atoms with E-state index in [4.69, 9.17) is 9.47 Å². The van der Waals surface area contributed by atoms with E-state index in [0.717, 1.165) is 16.7 Å². The van der Waals surface area contributed by atoms with E-state index in [2.05, 4.69) is 5.32 Å². The Bertz CT molecular complexity index is 1850. The predicted octanol–water partition coefficient (Wildman–Crippen LogP) is 4.45. The van der Waals surface area contributed by atoms with Crippen molar-refractivity contribution in [1.82, 2.24) is 19.7 Å². The Hall–Kier alpha value is -4.36. The number of halogens is 3. The molecule has 2 aromatic carbocycles. The van der Waals surface area contributed by atoms with Crippen molar-refractivity contribution in [1.29, 1.82) is 0 Å². The standard InChI is InChI=1S/C38H46F3N5O5/c1-23-24(2)37(49)43(3)20-28(23)27-18-32(50-4)29(33(19-27)51-5)21-44-11-10-34(38(40,41)22-44)46-14-12-45(13-15-46)31-8-6-25(17-30(31)39)16-26-7-9-35(47)42-36(26)48/h6,8,17-20,26,34H,7,9-16,21-22H2,1-5H3,(H,42,47,48). The molecule has 13 heteroatoms. The van der Waals surface area contributed by atoms with Crippen LogP contribution >= 0.6 is 0 Å². The molecule has 0 aliphatic carbocycles. The van der Waals surface area contributed by atoms with E-state index in [1.807, 2.05) is 28.9 Å². The second-order valence-corrected chi connectivity index (χ2v) is 14.0. The van der Waals surface area contributed by atoms with Gasteiger partial charge < -0.3 is 18.9 Å². The second kappa shape index (κ2) is 14.7. The lowest BCUT2D eigenvalue weighted by Gasteiger charge is -2.46. The Balaban J connectivity index is 1.09. The van der Waals surface area contributed by atoms with E-state index in [-0.39, 0.29) is 42.7 Å². The topological polar surface area (TPSA) is 96.3 Å². The number of piperazine rings is 1. The van der Waals surface area contributed by atoms with Crippen LogP contribution in [0.2, 0.25) is 0 Å². The molecule has 1 aromatic heterocycles. The number of alkyl halides is 2. The molecule has 3 aromatic rings. The van der Waals surface area contributed by atoms with Crippen LogP contribution < -0.4 is 25.2 Å². The minimum atomic E-state index is -2.98. The van der Waals surface area contributed by atoms with Crippen molar-refractivity contribution in [3.8, 4) is 22.6 Å². The average Bonchev–Trinajstić information content (AvgIpc) is 3.10. The van der Waals surface area contributed by atoms with E-state index < -0.39 is 24.3 Å². The predicted molar refractivity (Wildman–Crippen MR) is 188 cm³/mol. The fraction of sp³-hybridized carbons (Fsp3) is 0.500. The Morgan fingerprint density at radius 1 is 0.922 bits per heavy atom. The maximum absolute atomic E-state index is 15.9. The largest absolute Gasteiger partial charge is 0.496 e. The van der Waals surface area contributed by atoms with Gasteiger partial charge in [0.15, 0.2) is 0 Å². The van der Waals surface area contributed by atoms with Crippen LogP contribution in [0.1, 0.15) is 41.5 Å². The summed E-state index contributed by atoms with van der Waals surface area (Å²) in [5, 5.41) is 2.34. The number of ether oxygens (including phenoxy) is 2. The van der Waals surface area contributed by atoms with Gasteiger partial charge in [0.05, 0.1) is 38.1 Å². The maximum Gasteiger partial charge on any atom is 0.275 e. The molecule has 0 saturated carbocycles. The molecule has 2 amide bonds. The van der Waals surface area contributed by atoms with E-state index in [1.165, 1.54) is 6.07 Å². The number of amides is 2. The van der Waals surface area contributed by atoms with Gasteiger partial charge in [-0.1, -0.05) is 6.07 Å². The maximum atomic E-state index is 15.9. The van der Waals surface area contributed by atoms with E-state index in [1.54, 1.807) is 56.0 Å². The highest BCUT2D eigenvalue weighted by Crippen LogP contribution is 2.39. The number of rotatable bonds is 9. The van der Waals surface area contributed by atoms with Crippen LogP contribution in [0.5, 0.6) is 11.5 Å². The molecule has 1 N–H and O–H groups in total. The summed E-state index contributed by atoms with van der Waals surface area (Å²) in [5.41, 5.74) is 4.86. The monoisotopic (exact) mass is 709 g/mol. The number of hydrogen-bond donors (Lipinski definition) is 1. The number of pyridine rings is 1. The molecule has 0 spiro atoms. The number of aromatic nitrogens is 1. The quantitative estimate of drug-likeness (QED) is 0.326. The van der Waals surface area contributed by atoms with Crippen LogP contribution in [0.4, 0.5) is 18.9 Å². The van der Waals surface area contributed by atoms with Crippen LogP contribution in [0, 0.1) is 25.6 Å². The molecule has 2 atom stereocenters. The summed E-state index contributed by atoms with van der Waals surface area (Å²) in [6.07, 6.45) is 3.11. The highest BCUT2D eigenvalue weighted by atomic mass is 19.3. The number of benzene rings is 2. The number of methoxy groups -OCH3 is 2. The lowest BCUT2D eigenvalue weighted by molar-refractivity contribution is -0.136. The first-order valence-electron chi connectivity index (χ1n) is 17.4. The first kappa shape index (κ1) is 36.4. The molecule has 3 aliphatic heterocycles. The summed E-state index contributed by atoms with van der Waals surface area (Å²) in [5.74, 6) is -3.33. The fourth-order valence-corrected chi connectivity index (χ4v) is 7.80. The van der Waals surface area contributed by atoms with E-state index in [9.17, 15) is 14.4 Å². The summed E-state index contributed by atoms with van der Waals surface area (Å²) in [6.45, 7) is 5.52. The summed E-state index contributed by atoms with van der Waals surface area (Å²) >= 11 is 0. The van der Waals surface area contributed by atoms with Gasteiger partial charge in [0.1, 0.15) is 17.3 Å². The number of imide groups is 1. The van der Waals surface area contributed by atoms with Crippen molar-refractivity contribution < 1.29 is 32.2 Å². The fourth-order valence-electron chi connectivity index (χ4n) is 7.80. The number of hydrogen-bond acceptors (Lipinski definition) is 8. The zero-order valence-electron chi connectivity index (χ0n) is 29.9. The van der Waals surface area contributed by atoms with Crippen molar-refractivity contribution >= 4 is 17.5 Å². The minimum absolute atomic E-state index is 0.0676. The third-order valence-corrected chi connectivity index (χ3v) is 10.8.